The van der Waals surface area contributed by atoms with Crippen molar-refractivity contribution in [3.8, 4) is 33.6 Å². The van der Waals surface area contributed by atoms with Gasteiger partial charge in [-0.05, 0) is 45.7 Å². The number of aryl methyl sites for hydroxylation is 1. The molecule has 223 valence electrons. The summed E-state index contributed by atoms with van der Waals surface area (Å²) in [6.07, 6.45) is 1.69. The van der Waals surface area contributed by atoms with Crippen LogP contribution in [0.25, 0.3) is 33.6 Å². The smallest absolute Gasteiger partial charge is 0.0803 e. The molecule has 0 atom stereocenters. The Morgan fingerprint density at radius 2 is 1.48 bits per heavy atom. The second-order valence-corrected chi connectivity index (χ2v) is 16.1. The summed E-state index contributed by atoms with van der Waals surface area (Å²) in [5.41, 5.74) is 5.87. The zero-order chi connectivity index (χ0) is 34.5. The number of hydrogen-bond acceptors (Lipinski definition) is 2. The number of nitrogens with zero attached hydrogens (tertiary/aromatic N) is 2. The summed E-state index contributed by atoms with van der Waals surface area (Å²) in [7, 11) is -1.57. The molecular weight excluding hydrogens is 736 g/mol. The zero-order valence-electron chi connectivity index (χ0n) is 29.7. The quantitative estimate of drug-likeness (QED) is 0.125. The number of rotatable bonds is 6. The van der Waals surface area contributed by atoms with Gasteiger partial charge >= 0.3 is 0 Å². The normalized spacial score (nSPS) is 13.0. The first-order valence-corrected chi connectivity index (χ1v) is 17.5. The van der Waals surface area contributed by atoms with Gasteiger partial charge in [-0.25, -0.2) is 0 Å². The van der Waals surface area contributed by atoms with Crippen molar-refractivity contribution in [3.63, 3.8) is 0 Å². The molecule has 0 saturated heterocycles. The minimum Gasteiger partial charge on any atom is -0.305 e. The third kappa shape index (κ3) is 8.54. The summed E-state index contributed by atoms with van der Waals surface area (Å²) in [5, 5.41) is 1.31. The molecule has 2 heterocycles. The number of hydrogen-bond donors (Lipinski definition) is 0. The molecule has 0 N–H and O–H groups in total. The van der Waals surface area contributed by atoms with Crippen molar-refractivity contribution in [2.45, 2.75) is 32.9 Å². The van der Waals surface area contributed by atoms with Gasteiger partial charge in [-0.3, -0.25) is 4.39 Å². The van der Waals surface area contributed by atoms with Crippen molar-refractivity contribution >= 4 is 13.3 Å². The first kappa shape index (κ1) is 26.4. The molecule has 1 radical (unpaired) electrons. The zero-order valence-corrected chi connectivity index (χ0v) is 28.1. The van der Waals surface area contributed by atoms with Crippen LogP contribution in [0.3, 0.4) is 0 Å². The van der Waals surface area contributed by atoms with Crippen LogP contribution in [0.15, 0.2) is 128 Å². The van der Waals surface area contributed by atoms with Crippen LogP contribution in [-0.2, 0) is 26.5 Å². The van der Waals surface area contributed by atoms with E-state index < -0.39 is 27.1 Å². The molecule has 0 saturated carbocycles. The van der Waals surface area contributed by atoms with Crippen LogP contribution >= 0.6 is 0 Å². The molecule has 6 aromatic rings. The van der Waals surface area contributed by atoms with Crippen LogP contribution < -0.4 is 5.19 Å². The third-order valence-electron chi connectivity index (χ3n) is 6.78. The van der Waals surface area contributed by atoms with Crippen molar-refractivity contribution in [1.82, 2.24) is 9.97 Å². The van der Waals surface area contributed by atoms with Crippen molar-refractivity contribution in [2.24, 2.45) is 0 Å². The number of benzene rings is 4. The summed E-state index contributed by atoms with van der Waals surface area (Å²) in [5.74, 6) is -0.617. The van der Waals surface area contributed by atoms with E-state index in [1.807, 2.05) is 30.5 Å². The Bertz CT molecular complexity index is 1970. The molecule has 6 rings (SSSR count). The van der Waals surface area contributed by atoms with Gasteiger partial charge in [0.25, 0.3) is 0 Å². The maximum Gasteiger partial charge on any atom is 0.0803 e. The number of pyridine rings is 2. The predicted molar refractivity (Wildman–Crippen MR) is 179 cm³/mol. The second-order valence-electron chi connectivity index (χ2n) is 11.0. The molecule has 2 nitrogen and oxygen atoms in total. The van der Waals surface area contributed by atoms with E-state index in [-0.39, 0.29) is 25.7 Å². The van der Waals surface area contributed by atoms with Gasteiger partial charge in [0.1, 0.15) is 0 Å². The van der Waals surface area contributed by atoms with E-state index in [1.165, 1.54) is 28.4 Å². The van der Waals surface area contributed by atoms with E-state index in [9.17, 15) is 4.39 Å². The summed E-state index contributed by atoms with van der Waals surface area (Å²) >= 11 is 0. The summed E-state index contributed by atoms with van der Waals surface area (Å²) < 4.78 is 53.3. The predicted octanol–water partition coefficient (Wildman–Crippen LogP) is 9.35. The van der Waals surface area contributed by atoms with E-state index in [2.05, 4.69) is 59.9 Å². The molecule has 0 bridgehead atoms. The van der Waals surface area contributed by atoms with Gasteiger partial charge in [-0.2, -0.15) is 0 Å². The van der Waals surface area contributed by atoms with Gasteiger partial charge in [0.15, 0.2) is 0 Å². The van der Waals surface area contributed by atoms with Gasteiger partial charge in [0, 0.05) is 45.2 Å². The van der Waals surface area contributed by atoms with Crippen molar-refractivity contribution in [3.05, 3.63) is 162 Å². The number of aromatic nitrogens is 2. The molecule has 5 heteroatoms. The molecule has 2 aromatic heterocycles. The van der Waals surface area contributed by atoms with Gasteiger partial charge < -0.3 is 9.97 Å². The summed E-state index contributed by atoms with van der Waals surface area (Å²) in [4.78, 5) is 8.85. The topological polar surface area (TPSA) is 25.8 Å². The first-order valence-electron chi connectivity index (χ1n) is 16.5. The van der Waals surface area contributed by atoms with E-state index in [0.29, 0.717) is 22.4 Å². The van der Waals surface area contributed by atoms with E-state index >= 15 is 0 Å². The van der Waals surface area contributed by atoms with Crippen LogP contribution in [0.2, 0.25) is 19.6 Å². The van der Waals surface area contributed by atoms with Crippen molar-refractivity contribution in [2.75, 3.05) is 0 Å². The minimum atomic E-state index is -2.11. The fourth-order valence-corrected chi connectivity index (χ4v) is 6.03. The standard InChI is InChI=1S/C21H22NSi.C18H13FN.Ir/c1-16-10-12-18(13-11-16)20-14-19(17-8-6-5-7-9-17)21(15-22-20)23(2,3)4;19-17-10-9-15(18-8-4-5-11-20-18)13-16(17)12-14-6-2-1-3-7-14;/h5-12,14-15H,1-4H3;1-8,10-11,13H,12H2;/q2*-1;/i1D3;12D2;. The molecule has 0 aliphatic rings. The van der Waals surface area contributed by atoms with Gasteiger partial charge in [0.05, 0.1) is 8.07 Å². The molecule has 0 aliphatic carbocycles. The Hall–Kier alpha value is -4.02. The average molecular weight is 776 g/mol. The van der Waals surface area contributed by atoms with Gasteiger partial charge in [0.2, 0.25) is 0 Å². The Morgan fingerprint density at radius 1 is 0.773 bits per heavy atom. The Kier molecular flexibility index (Phi) is 9.07. The Labute approximate surface area is 282 Å². The van der Waals surface area contributed by atoms with E-state index in [1.54, 1.807) is 66.9 Å². The van der Waals surface area contributed by atoms with Crippen molar-refractivity contribution in [1.29, 1.82) is 0 Å². The molecular formula is C39H35FIrN2Si-2. The second kappa shape index (κ2) is 15.1. The molecule has 44 heavy (non-hydrogen) atoms. The maximum absolute atomic E-state index is 14.2. The summed E-state index contributed by atoms with van der Waals surface area (Å²) in [6, 6.07) is 39.9. The van der Waals surface area contributed by atoms with E-state index in [0.717, 1.165) is 11.3 Å². The van der Waals surface area contributed by atoms with Crippen LogP contribution in [0.4, 0.5) is 4.39 Å². The SMILES string of the molecule is [2H]C([2H])([2H])c1c[c-]c(-c2cc(-c3ccccc3)c([Si](C)(C)C)cn2)cc1.[2H]C([2H])(c1ccccc1)c1cc(-c2ccccn2)[c-]cc1F.[Ir]. The monoisotopic (exact) mass is 776 g/mol. The third-order valence-corrected chi connectivity index (χ3v) is 8.79. The van der Waals surface area contributed by atoms with Crippen LogP contribution in [0, 0.1) is 24.8 Å². The van der Waals surface area contributed by atoms with Crippen LogP contribution in [0.5, 0.6) is 0 Å². The molecule has 0 unspecified atom stereocenters. The van der Waals surface area contributed by atoms with E-state index in [4.69, 9.17) is 6.85 Å². The maximum atomic E-state index is 14.2. The summed E-state index contributed by atoms with van der Waals surface area (Å²) in [6.45, 7) is 4.83. The fraction of sp³-hybridized carbons (Fsp3) is 0.128. The Morgan fingerprint density at radius 3 is 2.11 bits per heavy atom. The molecule has 0 spiro atoms. The fourth-order valence-electron chi connectivity index (χ4n) is 4.56. The largest absolute Gasteiger partial charge is 0.305 e. The number of halogens is 1. The molecule has 0 aliphatic heterocycles. The molecule has 4 aromatic carbocycles. The van der Waals surface area contributed by atoms with Gasteiger partial charge in [-0.15, -0.1) is 59.2 Å². The first-order chi connectivity index (χ1) is 22.7. The van der Waals surface area contributed by atoms with Gasteiger partial charge in [-0.1, -0.05) is 111 Å². The minimum absolute atomic E-state index is 0. The molecule has 0 fully saturated rings. The molecule has 0 amide bonds. The Balaban J connectivity index is 0.000000219. The van der Waals surface area contributed by atoms with Crippen LogP contribution in [0.1, 0.15) is 23.5 Å². The van der Waals surface area contributed by atoms with Crippen LogP contribution in [-0.4, -0.2) is 18.0 Å². The van der Waals surface area contributed by atoms with Crippen molar-refractivity contribution < 1.29 is 31.3 Å². The average Bonchev–Trinajstić information content (AvgIpc) is 3.09.